The van der Waals surface area contributed by atoms with Crippen molar-refractivity contribution < 1.29 is 9.53 Å². The lowest BCUT2D eigenvalue weighted by Gasteiger charge is -2.09. The van der Waals surface area contributed by atoms with E-state index < -0.39 is 0 Å². The van der Waals surface area contributed by atoms with Crippen molar-refractivity contribution in [1.82, 2.24) is 10.3 Å². The number of pyridine rings is 1. The molecule has 0 bridgehead atoms. The van der Waals surface area contributed by atoms with Gasteiger partial charge < -0.3 is 15.4 Å². The Balaban J connectivity index is 2.43. The summed E-state index contributed by atoms with van der Waals surface area (Å²) in [5, 5.41) is 5.79. The Morgan fingerprint density at radius 1 is 1.47 bits per heavy atom. The molecule has 1 aromatic heterocycles. The van der Waals surface area contributed by atoms with Crippen LogP contribution in [0.3, 0.4) is 0 Å². The third-order valence-electron chi connectivity index (χ3n) is 1.98. The van der Waals surface area contributed by atoms with Gasteiger partial charge in [-0.2, -0.15) is 0 Å². The number of carbonyl (C=O) groups is 1. The maximum absolute atomic E-state index is 11.5. The number of hydrogen-bond donors (Lipinski definition) is 2. The number of carbonyl (C=O) groups excluding carboxylic acids is 1. The molecule has 0 aliphatic rings. The van der Waals surface area contributed by atoms with Crippen LogP contribution in [0, 0.1) is 0 Å². The first kappa shape index (κ1) is 13.4. The Kier molecular flexibility index (Phi) is 5.42. The van der Waals surface area contributed by atoms with Gasteiger partial charge in [-0.3, -0.25) is 4.79 Å². The predicted molar refractivity (Wildman–Crippen MR) is 67.2 cm³/mol. The summed E-state index contributed by atoms with van der Waals surface area (Å²) in [7, 11) is 0. The number of ether oxygens (including phenoxy) is 1. The molecule has 1 amide bonds. The average molecular weight is 237 g/mol. The molecule has 0 aliphatic carbocycles. The summed E-state index contributed by atoms with van der Waals surface area (Å²) < 4.78 is 5.21. The Bertz CT molecular complexity index is 349. The van der Waals surface area contributed by atoms with Gasteiger partial charge in [0.2, 0.25) is 11.8 Å². The molecule has 0 spiro atoms. The Labute approximate surface area is 102 Å². The van der Waals surface area contributed by atoms with Crippen LogP contribution in [0.15, 0.2) is 18.3 Å². The summed E-state index contributed by atoms with van der Waals surface area (Å²) >= 11 is 0. The maximum atomic E-state index is 11.5. The Morgan fingerprint density at radius 2 is 2.24 bits per heavy atom. The van der Waals surface area contributed by atoms with Crippen molar-refractivity contribution in [3.8, 4) is 5.88 Å². The van der Waals surface area contributed by atoms with Gasteiger partial charge in [-0.1, -0.05) is 13.8 Å². The zero-order chi connectivity index (χ0) is 12.7. The quantitative estimate of drug-likeness (QED) is 0.785. The van der Waals surface area contributed by atoms with E-state index in [1.807, 2.05) is 20.8 Å². The van der Waals surface area contributed by atoms with Crippen molar-refractivity contribution in [2.45, 2.75) is 26.8 Å². The van der Waals surface area contributed by atoms with Gasteiger partial charge in [-0.25, -0.2) is 4.98 Å². The third-order valence-corrected chi connectivity index (χ3v) is 1.98. The lowest BCUT2D eigenvalue weighted by Crippen LogP contribution is -2.32. The van der Waals surface area contributed by atoms with Gasteiger partial charge in [-0.05, 0) is 13.0 Å². The van der Waals surface area contributed by atoms with E-state index in [0.29, 0.717) is 30.8 Å². The van der Waals surface area contributed by atoms with E-state index in [4.69, 9.17) is 4.74 Å². The fourth-order valence-corrected chi connectivity index (χ4v) is 1.19. The SMILES string of the molecule is CCOc1ccc(NC(=O)CNC(C)C)cn1. The first-order chi connectivity index (χ1) is 8.11. The summed E-state index contributed by atoms with van der Waals surface area (Å²) in [5.41, 5.74) is 0.670. The highest BCUT2D eigenvalue weighted by molar-refractivity contribution is 5.92. The van der Waals surface area contributed by atoms with Crippen LogP contribution in [-0.4, -0.2) is 30.1 Å². The number of rotatable bonds is 6. The number of amides is 1. The van der Waals surface area contributed by atoms with Crippen LogP contribution < -0.4 is 15.4 Å². The van der Waals surface area contributed by atoms with Gasteiger partial charge >= 0.3 is 0 Å². The highest BCUT2D eigenvalue weighted by Gasteiger charge is 2.03. The lowest BCUT2D eigenvalue weighted by molar-refractivity contribution is -0.115. The van der Waals surface area contributed by atoms with Crippen molar-refractivity contribution in [2.24, 2.45) is 0 Å². The van der Waals surface area contributed by atoms with Gasteiger partial charge in [0.15, 0.2) is 0 Å². The minimum atomic E-state index is -0.0790. The number of aromatic nitrogens is 1. The lowest BCUT2D eigenvalue weighted by atomic mass is 10.3. The van der Waals surface area contributed by atoms with Crippen molar-refractivity contribution in [3.63, 3.8) is 0 Å². The van der Waals surface area contributed by atoms with Crippen molar-refractivity contribution in [2.75, 3.05) is 18.5 Å². The monoisotopic (exact) mass is 237 g/mol. The standard InChI is InChI=1S/C12H19N3O2/c1-4-17-12-6-5-10(7-14-12)15-11(16)8-13-9(2)3/h5-7,9,13H,4,8H2,1-3H3,(H,15,16). The molecule has 2 N–H and O–H groups in total. The van der Waals surface area contributed by atoms with Crippen molar-refractivity contribution >= 4 is 11.6 Å². The molecular formula is C12H19N3O2. The molecule has 0 saturated carbocycles. The predicted octanol–water partition coefficient (Wildman–Crippen LogP) is 1.42. The van der Waals surface area contributed by atoms with Gasteiger partial charge in [0.05, 0.1) is 25.0 Å². The van der Waals surface area contributed by atoms with Crippen LogP contribution in [0.25, 0.3) is 0 Å². The molecule has 1 heterocycles. The first-order valence-corrected chi connectivity index (χ1v) is 5.74. The average Bonchev–Trinajstić information content (AvgIpc) is 2.29. The molecule has 5 heteroatoms. The minimum absolute atomic E-state index is 0.0790. The number of nitrogens with one attached hydrogen (secondary N) is 2. The summed E-state index contributed by atoms with van der Waals surface area (Å²) in [6.45, 7) is 6.76. The molecule has 17 heavy (non-hydrogen) atoms. The molecule has 0 unspecified atom stereocenters. The van der Waals surface area contributed by atoms with Gasteiger partial charge in [0.1, 0.15) is 0 Å². The first-order valence-electron chi connectivity index (χ1n) is 5.74. The molecule has 0 saturated heterocycles. The van der Waals surface area contributed by atoms with E-state index in [0.717, 1.165) is 0 Å². The van der Waals surface area contributed by atoms with Gasteiger partial charge in [-0.15, -0.1) is 0 Å². The minimum Gasteiger partial charge on any atom is -0.478 e. The van der Waals surface area contributed by atoms with Crippen LogP contribution in [0.5, 0.6) is 5.88 Å². The Hall–Kier alpha value is -1.62. The smallest absolute Gasteiger partial charge is 0.238 e. The van der Waals surface area contributed by atoms with Crippen LogP contribution in [-0.2, 0) is 4.79 Å². The fourth-order valence-electron chi connectivity index (χ4n) is 1.19. The zero-order valence-electron chi connectivity index (χ0n) is 10.5. The van der Waals surface area contributed by atoms with E-state index in [1.165, 1.54) is 0 Å². The largest absolute Gasteiger partial charge is 0.478 e. The molecule has 1 aromatic rings. The second-order valence-corrected chi connectivity index (χ2v) is 3.90. The maximum Gasteiger partial charge on any atom is 0.238 e. The van der Waals surface area contributed by atoms with Gasteiger partial charge in [0, 0.05) is 12.1 Å². The molecule has 94 valence electrons. The molecule has 0 fully saturated rings. The fraction of sp³-hybridized carbons (Fsp3) is 0.500. The molecule has 1 rings (SSSR count). The summed E-state index contributed by atoms with van der Waals surface area (Å²) in [4.78, 5) is 15.6. The Morgan fingerprint density at radius 3 is 2.76 bits per heavy atom. The van der Waals surface area contributed by atoms with Crippen LogP contribution >= 0.6 is 0 Å². The molecule has 0 atom stereocenters. The third kappa shape index (κ3) is 5.31. The van der Waals surface area contributed by atoms with E-state index in [9.17, 15) is 4.79 Å². The molecule has 5 nitrogen and oxygen atoms in total. The number of hydrogen-bond acceptors (Lipinski definition) is 4. The molecule has 0 aromatic carbocycles. The van der Waals surface area contributed by atoms with Crippen LogP contribution in [0.1, 0.15) is 20.8 Å². The van der Waals surface area contributed by atoms with Crippen LogP contribution in [0.4, 0.5) is 5.69 Å². The second kappa shape index (κ2) is 6.85. The van der Waals surface area contributed by atoms with Crippen molar-refractivity contribution in [3.05, 3.63) is 18.3 Å². The topological polar surface area (TPSA) is 63.2 Å². The van der Waals surface area contributed by atoms with Gasteiger partial charge in [0.25, 0.3) is 0 Å². The summed E-state index contributed by atoms with van der Waals surface area (Å²) in [6, 6.07) is 3.79. The number of nitrogens with zero attached hydrogens (tertiary/aromatic N) is 1. The summed E-state index contributed by atoms with van der Waals surface area (Å²) in [5.74, 6) is 0.482. The van der Waals surface area contributed by atoms with E-state index >= 15 is 0 Å². The summed E-state index contributed by atoms with van der Waals surface area (Å²) in [6.07, 6.45) is 1.58. The normalized spacial score (nSPS) is 10.4. The molecular weight excluding hydrogens is 218 g/mol. The zero-order valence-corrected chi connectivity index (χ0v) is 10.5. The second-order valence-electron chi connectivity index (χ2n) is 3.90. The van der Waals surface area contributed by atoms with Crippen molar-refractivity contribution in [1.29, 1.82) is 0 Å². The molecule has 0 radical (unpaired) electrons. The van der Waals surface area contributed by atoms with E-state index in [-0.39, 0.29) is 5.91 Å². The van der Waals surface area contributed by atoms with E-state index in [2.05, 4.69) is 15.6 Å². The van der Waals surface area contributed by atoms with E-state index in [1.54, 1.807) is 18.3 Å². The number of anilines is 1. The highest BCUT2D eigenvalue weighted by Crippen LogP contribution is 2.11. The molecule has 0 aliphatic heterocycles. The highest BCUT2D eigenvalue weighted by atomic mass is 16.5. The van der Waals surface area contributed by atoms with Crippen LogP contribution in [0.2, 0.25) is 0 Å².